The molecule has 0 spiro atoms. The molecular weight excluding hydrogens is 206 g/mol. The number of rotatable bonds is 4. The van der Waals surface area contributed by atoms with Gasteiger partial charge in [-0.1, -0.05) is 0 Å². The molecule has 16 heavy (non-hydrogen) atoms. The Morgan fingerprint density at radius 2 is 2.06 bits per heavy atom. The number of primary amides is 1. The van der Waals surface area contributed by atoms with Crippen LogP contribution in [0.1, 0.15) is 33.1 Å². The summed E-state index contributed by atoms with van der Waals surface area (Å²) in [6, 6.07) is 0. The van der Waals surface area contributed by atoms with Crippen molar-refractivity contribution in [3.05, 3.63) is 0 Å². The van der Waals surface area contributed by atoms with E-state index in [-0.39, 0.29) is 23.3 Å². The third kappa shape index (κ3) is 3.81. The summed E-state index contributed by atoms with van der Waals surface area (Å²) in [5.41, 5.74) is 10.7. The molecule has 1 aliphatic rings. The zero-order chi connectivity index (χ0) is 12.3. The maximum atomic E-state index is 11.8. The SMILES string of the molecule is CC(C)(N)CCC(=O)N1CCC(C(N)=O)C1. The molecule has 1 unspecified atom stereocenters. The van der Waals surface area contributed by atoms with Crippen LogP contribution in [0.2, 0.25) is 0 Å². The van der Waals surface area contributed by atoms with Crippen molar-refractivity contribution in [1.29, 1.82) is 0 Å². The van der Waals surface area contributed by atoms with Crippen molar-refractivity contribution < 1.29 is 9.59 Å². The molecule has 0 aromatic heterocycles. The van der Waals surface area contributed by atoms with Crippen LogP contribution >= 0.6 is 0 Å². The van der Waals surface area contributed by atoms with Crippen LogP contribution in [0, 0.1) is 5.92 Å². The molecule has 1 aliphatic heterocycles. The van der Waals surface area contributed by atoms with Crippen LogP contribution in [0.25, 0.3) is 0 Å². The molecule has 0 aliphatic carbocycles. The molecule has 1 heterocycles. The molecule has 4 N–H and O–H groups in total. The van der Waals surface area contributed by atoms with Crippen molar-refractivity contribution >= 4 is 11.8 Å². The van der Waals surface area contributed by atoms with Gasteiger partial charge >= 0.3 is 0 Å². The lowest BCUT2D eigenvalue weighted by molar-refractivity contribution is -0.130. The lowest BCUT2D eigenvalue weighted by Gasteiger charge is -2.21. The van der Waals surface area contributed by atoms with Crippen LogP contribution < -0.4 is 11.5 Å². The normalized spacial score (nSPS) is 21.2. The zero-order valence-corrected chi connectivity index (χ0v) is 10.0. The summed E-state index contributed by atoms with van der Waals surface area (Å²) in [4.78, 5) is 24.4. The first-order chi connectivity index (χ1) is 7.29. The minimum Gasteiger partial charge on any atom is -0.369 e. The summed E-state index contributed by atoms with van der Waals surface area (Å²) in [7, 11) is 0. The number of hydrogen-bond acceptors (Lipinski definition) is 3. The van der Waals surface area contributed by atoms with Gasteiger partial charge in [0, 0.05) is 25.0 Å². The topological polar surface area (TPSA) is 89.4 Å². The van der Waals surface area contributed by atoms with Gasteiger partial charge < -0.3 is 16.4 Å². The van der Waals surface area contributed by atoms with Gasteiger partial charge in [-0.15, -0.1) is 0 Å². The lowest BCUT2D eigenvalue weighted by atomic mass is 10.00. The van der Waals surface area contributed by atoms with Crippen LogP contribution in [0.15, 0.2) is 0 Å². The van der Waals surface area contributed by atoms with Crippen LogP contribution in [-0.2, 0) is 9.59 Å². The molecule has 1 saturated heterocycles. The Hall–Kier alpha value is -1.10. The monoisotopic (exact) mass is 227 g/mol. The minimum absolute atomic E-state index is 0.0716. The fraction of sp³-hybridized carbons (Fsp3) is 0.818. The molecular formula is C11H21N3O2. The van der Waals surface area contributed by atoms with E-state index in [2.05, 4.69) is 0 Å². The average Bonchev–Trinajstić information content (AvgIpc) is 2.61. The van der Waals surface area contributed by atoms with E-state index in [1.165, 1.54) is 0 Å². The summed E-state index contributed by atoms with van der Waals surface area (Å²) < 4.78 is 0. The summed E-state index contributed by atoms with van der Waals surface area (Å²) in [5, 5.41) is 0. The molecule has 1 rings (SSSR count). The first kappa shape index (κ1) is 13.0. The predicted octanol–water partition coefficient (Wildman–Crippen LogP) is -0.162. The highest BCUT2D eigenvalue weighted by atomic mass is 16.2. The van der Waals surface area contributed by atoms with Gasteiger partial charge in [0.1, 0.15) is 0 Å². The van der Waals surface area contributed by atoms with Gasteiger partial charge in [-0.25, -0.2) is 0 Å². The van der Waals surface area contributed by atoms with Crippen LogP contribution in [0.5, 0.6) is 0 Å². The van der Waals surface area contributed by atoms with Gasteiger partial charge in [0.15, 0.2) is 0 Å². The van der Waals surface area contributed by atoms with Gasteiger partial charge in [0.05, 0.1) is 5.92 Å². The maximum absolute atomic E-state index is 11.8. The molecule has 0 aromatic rings. The third-order valence-corrected chi connectivity index (χ3v) is 2.93. The molecule has 1 atom stereocenters. The Morgan fingerprint density at radius 1 is 1.44 bits per heavy atom. The van der Waals surface area contributed by atoms with Gasteiger partial charge in [-0.3, -0.25) is 9.59 Å². The number of carbonyl (C=O) groups excluding carboxylic acids is 2. The van der Waals surface area contributed by atoms with E-state index < -0.39 is 0 Å². The van der Waals surface area contributed by atoms with Gasteiger partial charge in [0.2, 0.25) is 11.8 Å². The molecule has 0 radical (unpaired) electrons. The number of likely N-dealkylation sites (tertiary alicyclic amines) is 1. The van der Waals surface area contributed by atoms with Gasteiger partial charge in [-0.2, -0.15) is 0 Å². The van der Waals surface area contributed by atoms with Crippen molar-refractivity contribution in [2.75, 3.05) is 13.1 Å². The molecule has 92 valence electrons. The van der Waals surface area contributed by atoms with Crippen molar-refractivity contribution in [2.24, 2.45) is 17.4 Å². The fourth-order valence-corrected chi connectivity index (χ4v) is 1.81. The third-order valence-electron chi connectivity index (χ3n) is 2.93. The maximum Gasteiger partial charge on any atom is 0.222 e. The fourth-order valence-electron chi connectivity index (χ4n) is 1.81. The Bertz CT molecular complexity index is 283. The lowest BCUT2D eigenvalue weighted by Crippen LogP contribution is -2.36. The number of nitrogens with zero attached hydrogens (tertiary/aromatic N) is 1. The number of hydrogen-bond donors (Lipinski definition) is 2. The molecule has 5 nitrogen and oxygen atoms in total. The van der Waals surface area contributed by atoms with Crippen molar-refractivity contribution in [3.8, 4) is 0 Å². The van der Waals surface area contributed by atoms with Crippen LogP contribution in [0.3, 0.4) is 0 Å². The molecule has 5 heteroatoms. The molecule has 0 aromatic carbocycles. The number of nitrogens with two attached hydrogens (primary N) is 2. The first-order valence-corrected chi connectivity index (χ1v) is 5.65. The average molecular weight is 227 g/mol. The molecule has 0 bridgehead atoms. The highest BCUT2D eigenvalue weighted by Crippen LogP contribution is 2.18. The standard InChI is InChI=1S/C11H21N3O2/c1-11(2,13)5-3-9(15)14-6-4-8(7-14)10(12)16/h8H,3-7,13H2,1-2H3,(H2,12,16). The number of amides is 2. The van der Waals surface area contributed by atoms with E-state index in [0.29, 0.717) is 32.4 Å². The van der Waals surface area contributed by atoms with E-state index in [1.54, 1.807) is 4.90 Å². The quantitative estimate of drug-likeness (QED) is 0.699. The van der Waals surface area contributed by atoms with E-state index in [9.17, 15) is 9.59 Å². The summed E-state index contributed by atoms with van der Waals surface area (Å²) in [6.07, 6.45) is 1.78. The van der Waals surface area contributed by atoms with E-state index in [0.717, 1.165) is 0 Å². The predicted molar refractivity (Wildman–Crippen MR) is 61.4 cm³/mol. The highest BCUT2D eigenvalue weighted by Gasteiger charge is 2.29. The van der Waals surface area contributed by atoms with E-state index in [1.807, 2.05) is 13.8 Å². The second-order valence-corrected chi connectivity index (χ2v) is 5.22. The number of carbonyl (C=O) groups is 2. The molecule has 2 amide bonds. The van der Waals surface area contributed by atoms with Crippen LogP contribution in [0.4, 0.5) is 0 Å². The smallest absolute Gasteiger partial charge is 0.222 e. The van der Waals surface area contributed by atoms with Gasteiger partial charge in [0.25, 0.3) is 0 Å². The first-order valence-electron chi connectivity index (χ1n) is 5.65. The summed E-state index contributed by atoms with van der Waals surface area (Å²) >= 11 is 0. The Labute approximate surface area is 96.1 Å². The largest absolute Gasteiger partial charge is 0.369 e. The highest BCUT2D eigenvalue weighted by molar-refractivity contribution is 5.81. The van der Waals surface area contributed by atoms with Crippen molar-refractivity contribution in [1.82, 2.24) is 4.90 Å². The molecule has 1 fully saturated rings. The second kappa shape index (κ2) is 4.82. The Balaban J connectivity index is 2.37. The van der Waals surface area contributed by atoms with Gasteiger partial charge in [-0.05, 0) is 26.7 Å². The Morgan fingerprint density at radius 3 is 2.50 bits per heavy atom. The van der Waals surface area contributed by atoms with Crippen molar-refractivity contribution in [3.63, 3.8) is 0 Å². The summed E-state index contributed by atoms with van der Waals surface area (Å²) in [6.45, 7) is 4.91. The zero-order valence-electron chi connectivity index (χ0n) is 10.0. The van der Waals surface area contributed by atoms with E-state index >= 15 is 0 Å². The molecule has 0 saturated carbocycles. The Kier molecular flexibility index (Phi) is 3.91. The van der Waals surface area contributed by atoms with Crippen LogP contribution in [-0.4, -0.2) is 35.3 Å². The van der Waals surface area contributed by atoms with E-state index in [4.69, 9.17) is 11.5 Å². The van der Waals surface area contributed by atoms with Crippen molar-refractivity contribution in [2.45, 2.75) is 38.6 Å². The summed E-state index contributed by atoms with van der Waals surface area (Å²) in [5.74, 6) is -0.411. The minimum atomic E-state index is -0.321. The second-order valence-electron chi connectivity index (χ2n) is 5.22.